The number of nitrogens with zero attached hydrogens (tertiary/aromatic N) is 2. The molecule has 33 heavy (non-hydrogen) atoms. The quantitative estimate of drug-likeness (QED) is 0.596. The maximum atomic E-state index is 11.9. The molecule has 0 radical (unpaired) electrons. The first-order valence-electron chi connectivity index (χ1n) is 12.6. The van der Waals surface area contributed by atoms with Crippen LogP contribution in [0.5, 0.6) is 0 Å². The lowest BCUT2D eigenvalue weighted by Crippen LogP contribution is -2.55. The van der Waals surface area contributed by atoms with Crippen molar-refractivity contribution in [1.29, 1.82) is 0 Å². The molecule has 2 aromatic carbocycles. The Hall–Kier alpha value is -2.11. The van der Waals surface area contributed by atoms with E-state index in [1.54, 1.807) is 4.90 Å². The number of rotatable bonds is 5. The lowest BCUT2D eigenvalue weighted by atomic mass is 9.72. The van der Waals surface area contributed by atoms with Crippen LogP contribution >= 0.6 is 0 Å². The van der Waals surface area contributed by atoms with Gasteiger partial charge in [-0.3, -0.25) is 0 Å². The molecule has 2 aromatic rings. The minimum absolute atomic E-state index is 0.0515. The predicted octanol–water partition coefficient (Wildman–Crippen LogP) is 5.86. The highest BCUT2D eigenvalue weighted by Gasteiger charge is 2.41. The number of carbonyl (C=O) groups is 1. The third-order valence-electron chi connectivity index (χ3n) is 7.84. The van der Waals surface area contributed by atoms with E-state index in [4.69, 9.17) is 0 Å². The Morgan fingerprint density at radius 3 is 2.30 bits per heavy atom. The van der Waals surface area contributed by atoms with E-state index < -0.39 is 17.2 Å². The van der Waals surface area contributed by atoms with Gasteiger partial charge in [0.25, 0.3) is 0 Å². The van der Waals surface area contributed by atoms with Crippen LogP contribution in [-0.4, -0.2) is 62.9 Å². The Labute approximate surface area is 198 Å². The van der Waals surface area contributed by atoms with Crippen LogP contribution in [0.25, 0.3) is 10.8 Å². The molecule has 1 saturated carbocycles. The predicted molar refractivity (Wildman–Crippen MR) is 134 cm³/mol. The first kappa shape index (κ1) is 24.0. The second-order valence-corrected chi connectivity index (χ2v) is 11.2. The van der Waals surface area contributed by atoms with Crippen molar-refractivity contribution in [2.24, 2.45) is 0 Å². The highest BCUT2D eigenvalue weighted by Crippen LogP contribution is 2.41. The first-order chi connectivity index (χ1) is 15.7. The second-order valence-electron chi connectivity index (χ2n) is 11.2. The van der Waals surface area contributed by atoms with Gasteiger partial charge in [0.05, 0.1) is 5.60 Å². The molecular weight excluding hydrogens is 412 g/mol. The Bertz CT molecular complexity index is 953. The van der Waals surface area contributed by atoms with Gasteiger partial charge in [0, 0.05) is 37.1 Å². The highest BCUT2D eigenvalue weighted by molar-refractivity contribution is 5.83. The summed E-state index contributed by atoms with van der Waals surface area (Å²) in [6, 6.07) is 15.1. The van der Waals surface area contributed by atoms with Crippen LogP contribution in [-0.2, 0) is 0 Å². The van der Waals surface area contributed by atoms with Crippen LogP contribution in [0.1, 0.15) is 77.2 Å². The molecule has 2 fully saturated rings. The number of piperidine rings is 1. The van der Waals surface area contributed by atoms with Crippen molar-refractivity contribution < 1.29 is 15.0 Å². The number of hydrogen-bond acceptors (Lipinski definition) is 3. The van der Waals surface area contributed by atoms with Crippen LogP contribution in [0.3, 0.4) is 0 Å². The smallest absolute Gasteiger partial charge is 0.407 e. The largest absolute Gasteiger partial charge is 0.465 e. The number of likely N-dealkylation sites (tertiary alicyclic amines) is 1. The number of hydrogen-bond donors (Lipinski definition) is 2. The molecule has 1 amide bonds. The molecule has 180 valence electrons. The monoisotopic (exact) mass is 452 g/mol. The molecule has 2 aliphatic rings. The Morgan fingerprint density at radius 2 is 1.70 bits per heavy atom. The third kappa shape index (κ3) is 5.36. The number of aliphatic hydroxyl groups is 1. The standard InChI is InChI=1S/C28H40N2O3/c1-27(2,3)30(26(31)32)24-13-17-29(18-14-24)20-25(28(33)15-7-4-8-16-28)23-12-11-21-9-5-6-10-22(21)19-23/h5-6,9-12,19,24-25,33H,4,7-8,13-18,20H2,1-3H3,(H,31,32). The molecule has 1 aliphatic carbocycles. The first-order valence-corrected chi connectivity index (χ1v) is 12.6. The third-order valence-corrected chi connectivity index (χ3v) is 7.84. The van der Waals surface area contributed by atoms with E-state index in [1.165, 1.54) is 22.8 Å². The van der Waals surface area contributed by atoms with Crippen molar-refractivity contribution in [3.8, 4) is 0 Å². The van der Waals surface area contributed by atoms with E-state index in [2.05, 4.69) is 47.4 Å². The highest BCUT2D eigenvalue weighted by atomic mass is 16.4. The molecule has 4 rings (SSSR count). The number of amides is 1. The van der Waals surface area contributed by atoms with Crippen molar-refractivity contribution in [2.75, 3.05) is 19.6 Å². The molecule has 1 saturated heterocycles. The van der Waals surface area contributed by atoms with Gasteiger partial charge in [-0.25, -0.2) is 4.79 Å². The normalized spacial score (nSPS) is 21.1. The van der Waals surface area contributed by atoms with Gasteiger partial charge < -0.3 is 20.0 Å². The van der Waals surface area contributed by atoms with Gasteiger partial charge in [0.15, 0.2) is 0 Å². The lowest BCUT2D eigenvalue weighted by Gasteiger charge is -2.46. The van der Waals surface area contributed by atoms with E-state index in [1.807, 2.05) is 20.8 Å². The van der Waals surface area contributed by atoms with Gasteiger partial charge in [-0.1, -0.05) is 61.7 Å². The maximum Gasteiger partial charge on any atom is 0.407 e. The van der Waals surface area contributed by atoms with E-state index >= 15 is 0 Å². The summed E-state index contributed by atoms with van der Waals surface area (Å²) >= 11 is 0. The summed E-state index contributed by atoms with van der Waals surface area (Å²) in [5.74, 6) is 0.0668. The summed E-state index contributed by atoms with van der Waals surface area (Å²) in [6.45, 7) is 8.48. The minimum Gasteiger partial charge on any atom is -0.465 e. The van der Waals surface area contributed by atoms with Crippen LogP contribution in [0, 0.1) is 0 Å². The van der Waals surface area contributed by atoms with E-state index in [0.29, 0.717) is 0 Å². The molecule has 0 spiro atoms. The molecule has 0 bridgehead atoms. The summed E-state index contributed by atoms with van der Waals surface area (Å²) in [6.07, 6.45) is 5.94. The zero-order valence-electron chi connectivity index (χ0n) is 20.5. The second kappa shape index (κ2) is 9.63. The van der Waals surface area contributed by atoms with Gasteiger partial charge in [-0.05, 0) is 62.8 Å². The van der Waals surface area contributed by atoms with Gasteiger partial charge in [-0.2, -0.15) is 0 Å². The van der Waals surface area contributed by atoms with Crippen LogP contribution < -0.4 is 0 Å². The van der Waals surface area contributed by atoms with Crippen LogP contribution in [0.15, 0.2) is 42.5 Å². The van der Waals surface area contributed by atoms with Crippen molar-refractivity contribution in [2.45, 2.75) is 88.8 Å². The van der Waals surface area contributed by atoms with Crippen LogP contribution in [0.2, 0.25) is 0 Å². The molecule has 0 aromatic heterocycles. The summed E-state index contributed by atoms with van der Waals surface area (Å²) < 4.78 is 0. The number of benzene rings is 2. The summed E-state index contributed by atoms with van der Waals surface area (Å²) in [4.78, 5) is 16.0. The average Bonchev–Trinajstić information content (AvgIpc) is 2.77. The number of fused-ring (bicyclic) bond motifs is 1. The fourth-order valence-corrected chi connectivity index (χ4v) is 6.13. The topological polar surface area (TPSA) is 64.0 Å². The van der Waals surface area contributed by atoms with E-state index in [-0.39, 0.29) is 12.0 Å². The van der Waals surface area contributed by atoms with Gasteiger partial charge in [0.2, 0.25) is 0 Å². The Morgan fingerprint density at radius 1 is 1.06 bits per heavy atom. The van der Waals surface area contributed by atoms with Gasteiger partial charge in [0.1, 0.15) is 0 Å². The number of carboxylic acid groups (broad SMARTS) is 1. The summed E-state index contributed by atoms with van der Waals surface area (Å²) in [7, 11) is 0. The fourth-order valence-electron chi connectivity index (χ4n) is 6.13. The summed E-state index contributed by atoms with van der Waals surface area (Å²) in [5.41, 5.74) is 0.154. The zero-order valence-corrected chi connectivity index (χ0v) is 20.5. The Kier molecular flexibility index (Phi) is 7.01. The Balaban J connectivity index is 1.53. The van der Waals surface area contributed by atoms with E-state index in [0.717, 1.165) is 58.2 Å². The van der Waals surface area contributed by atoms with Crippen LogP contribution in [0.4, 0.5) is 4.79 Å². The maximum absolute atomic E-state index is 11.9. The van der Waals surface area contributed by atoms with Gasteiger partial charge in [-0.15, -0.1) is 0 Å². The molecule has 1 heterocycles. The minimum atomic E-state index is -0.827. The van der Waals surface area contributed by atoms with E-state index in [9.17, 15) is 15.0 Å². The van der Waals surface area contributed by atoms with Gasteiger partial charge >= 0.3 is 6.09 Å². The zero-order chi connectivity index (χ0) is 23.6. The van der Waals surface area contributed by atoms with Crippen molar-refractivity contribution in [3.05, 3.63) is 48.0 Å². The molecule has 1 aliphatic heterocycles. The van der Waals surface area contributed by atoms with Crippen molar-refractivity contribution in [3.63, 3.8) is 0 Å². The molecule has 2 N–H and O–H groups in total. The summed E-state index contributed by atoms with van der Waals surface area (Å²) in [5, 5.41) is 24.0. The van der Waals surface area contributed by atoms with Crippen molar-refractivity contribution >= 4 is 16.9 Å². The molecular formula is C28H40N2O3. The van der Waals surface area contributed by atoms with Crippen molar-refractivity contribution in [1.82, 2.24) is 9.80 Å². The molecule has 5 nitrogen and oxygen atoms in total. The molecule has 1 atom stereocenters. The molecule has 5 heteroatoms. The average molecular weight is 453 g/mol. The fraction of sp³-hybridized carbons (Fsp3) is 0.607. The SMILES string of the molecule is CC(C)(C)N(C(=O)O)C1CCN(CC(c2ccc3ccccc3c2)C2(O)CCCCC2)CC1. The lowest BCUT2D eigenvalue weighted by molar-refractivity contribution is -0.0349. The molecule has 1 unspecified atom stereocenters.